The first-order chi connectivity index (χ1) is 5.79. The maximum absolute atomic E-state index is 10.2. The summed E-state index contributed by atoms with van der Waals surface area (Å²) in [7, 11) is 3.92. The molecule has 0 aliphatic carbocycles. The number of carboxylic acid groups (broad SMARTS) is 1. The normalized spacial score (nSPS) is 21.1. The molecule has 1 aliphatic rings. The molecule has 1 saturated heterocycles. The number of carboxylic acids is 1. The van der Waals surface area contributed by atoms with E-state index in [4.69, 9.17) is 5.11 Å². The fraction of sp³-hybridized carbons (Fsp3) is 0.875. The third kappa shape index (κ3) is 6.73. The third-order valence-corrected chi connectivity index (χ3v) is 4.90. The number of aliphatic carboxylic acids is 1. The molecule has 1 rings (SSSR count). The molecule has 0 aromatic carbocycles. The number of carbonyl (C=O) groups is 1. The standard InChI is InChI=1S/C8H14O2S2.Al.3H/c9-8(10)4-2-1-3-7-5-6-11-12-7;;;;/h7H,1-6H2,(H,9,10);;;;. The van der Waals surface area contributed by atoms with Crippen molar-refractivity contribution in [3.8, 4) is 0 Å². The Morgan fingerprint density at radius 1 is 1.46 bits per heavy atom. The molecular formula is C8H17AlO2S2. The summed E-state index contributed by atoms with van der Waals surface area (Å²) in [4.78, 5) is 10.2. The molecule has 2 nitrogen and oxygen atoms in total. The van der Waals surface area contributed by atoms with E-state index in [-0.39, 0.29) is 17.4 Å². The zero-order valence-electron chi connectivity index (χ0n) is 6.99. The molecule has 1 N–H and O–H groups in total. The molecule has 0 radical (unpaired) electrons. The largest absolute Gasteiger partial charge is 0.481 e. The van der Waals surface area contributed by atoms with Gasteiger partial charge in [0.1, 0.15) is 0 Å². The van der Waals surface area contributed by atoms with Crippen molar-refractivity contribution in [1.82, 2.24) is 0 Å². The van der Waals surface area contributed by atoms with Gasteiger partial charge in [-0.3, -0.25) is 4.79 Å². The van der Waals surface area contributed by atoms with E-state index in [1.54, 1.807) is 0 Å². The van der Waals surface area contributed by atoms with Gasteiger partial charge in [-0.25, -0.2) is 0 Å². The van der Waals surface area contributed by atoms with Gasteiger partial charge in [0.2, 0.25) is 0 Å². The summed E-state index contributed by atoms with van der Waals surface area (Å²) in [6.07, 6.45) is 4.76. The molecule has 1 heterocycles. The second kappa shape index (κ2) is 8.05. The summed E-state index contributed by atoms with van der Waals surface area (Å²) in [5, 5.41) is 9.19. The van der Waals surface area contributed by atoms with Crippen LogP contribution in [0.5, 0.6) is 0 Å². The van der Waals surface area contributed by atoms with Crippen molar-refractivity contribution in [3.63, 3.8) is 0 Å². The van der Waals surface area contributed by atoms with Crippen LogP contribution in [0.25, 0.3) is 0 Å². The average Bonchev–Trinajstić information content (AvgIpc) is 2.49. The molecular weight excluding hydrogens is 219 g/mol. The van der Waals surface area contributed by atoms with Crippen molar-refractivity contribution in [3.05, 3.63) is 0 Å². The molecule has 0 aromatic heterocycles. The first-order valence-corrected chi connectivity index (χ1v) is 6.67. The number of unbranched alkanes of at least 4 members (excludes halogenated alkanes) is 1. The van der Waals surface area contributed by atoms with Crippen LogP contribution in [-0.2, 0) is 4.79 Å². The molecule has 0 spiro atoms. The quantitative estimate of drug-likeness (QED) is 0.447. The van der Waals surface area contributed by atoms with Gasteiger partial charge in [0, 0.05) is 17.4 Å². The Balaban J connectivity index is 0.00000144. The van der Waals surface area contributed by atoms with Crippen LogP contribution in [0.1, 0.15) is 32.1 Å². The smallest absolute Gasteiger partial charge is 0.303 e. The maximum atomic E-state index is 10.2. The van der Waals surface area contributed by atoms with Crippen molar-refractivity contribution >= 4 is 44.9 Å². The lowest BCUT2D eigenvalue weighted by Crippen LogP contribution is -1.99. The number of hydrogen-bond donors (Lipinski definition) is 1. The predicted molar refractivity (Wildman–Crippen MR) is 64.5 cm³/mol. The number of hydrogen-bond acceptors (Lipinski definition) is 3. The predicted octanol–water partition coefficient (Wildman–Crippen LogP) is 1.60. The highest BCUT2D eigenvalue weighted by Gasteiger charge is 2.15. The Morgan fingerprint density at radius 2 is 2.23 bits per heavy atom. The lowest BCUT2D eigenvalue weighted by atomic mass is 10.1. The van der Waals surface area contributed by atoms with Gasteiger partial charge in [-0.2, -0.15) is 0 Å². The molecule has 0 amide bonds. The van der Waals surface area contributed by atoms with Gasteiger partial charge in [0.15, 0.2) is 17.4 Å². The van der Waals surface area contributed by atoms with E-state index in [9.17, 15) is 4.79 Å². The van der Waals surface area contributed by atoms with E-state index >= 15 is 0 Å². The zero-order chi connectivity index (χ0) is 8.81. The highest BCUT2D eigenvalue weighted by molar-refractivity contribution is 8.77. The molecule has 0 saturated carbocycles. The lowest BCUT2D eigenvalue weighted by molar-refractivity contribution is -0.137. The molecule has 0 aromatic rings. The van der Waals surface area contributed by atoms with Crippen molar-refractivity contribution in [1.29, 1.82) is 0 Å². The van der Waals surface area contributed by atoms with Crippen LogP contribution >= 0.6 is 21.6 Å². The van der Waals surface area contributed by atoms with E-state index in [2.05, 4.69) is 0 Å². The van der Waals surface area contributed by atoms with Crippen molar-refractivity contribution in [2.75, 3.05) is 5.75 Å². The molecule has 1 aliphatic heterocycles. The van der Waals surface area contributed by atoms with Gasteiger partial charge in [-0.15, -0.1) is 0 Å². The van der Waals surface area contributed by atoms with E-state index in [1.807, 2.05) is 21.6 Å². The monoisotopic (exact) mass is 236 g/mol. The zero-order valence-corrected chi connectivity index (χ0v) is 8.62. The van der Waals surface area contributed by atoms with Crippen LogP contribution in [0.15, 0.2) is 0 Å². The Labute approximate surface area is 97.8 Å². The summed E-state index contributed by atoms with van der Waals surface area (Å²) in [6.45, 7) is 0. The van der Waals surface area contributed by atoms with Gasteiger partial charge >= 0.3 is 5.97 Å². The van der Waals surface area contributed by atoms with Crippen LogP contribution in [0.4, 0.5) is 0 Å². The van der Waals surface area contributed by atoms with Gasteiger partial charge in [0.25, 0.3) is 0 Å². The minimum absolute atomic E-state index is 0. The van der Waals surface area contributed by atoms with Gasteiger partial charge in [-0.1, -0.05) is 28.0 Å². The van der Waals surface area contributed by atoms with Crippen LogP contribution in [0.3, 0.4) is 0 Å². The second-order valence-electron chi connectivity index (χ2n) is 2.97. The highest BCUT2D eigenvalue weighted by atomic mass is 33.1. The Morgan fingerprint density at radius 3 is 2.77 bits per heavy atom. The minimum atomic E-state index is -0.663. The van der Waals surface area contributed by atoms with Gasteiger partial charge in [-0.05, 0) is 19.3 Å². The van der Waals surface area contributed by atoms with E-state index in [0.29, 0.717) is 6.42 Å². The summed E-state index contributed by atoms with van der Waals surface area (Å²) in [5.74, 6) is 0.609. The second-order valence-corrected chi connectivity index (χ2v) is 5.76. The van der Waals surface area contributed by atoms with E-state index in [1.165, 1.54) is 18.6 Å². The third-order valence-electron chi connectivity index (χ3n) is 1.89. The molecule has 1 fully saturated rings. The Hall–Kier alpha value is 0.702. The lowest BCUT2D eigenvalue weighted by Gasteiger charge is -2.04. The highest BCUT2D eigenvalue weighted by Crippen LogP contribution is 2.39. The Bertz CT molecular complexity index is 149. The number of rotatable bonds is 5. The molecule has 76 valence electrons. The summed E-state index contributed by atoms with van der Waals surface area (Å²) in [5.41, 5.74) is 0. The SMILES string of the molecule is O=C(O)CCCCC1CCSS1.[AlH3]. The van der Waals surface area contributed by atoms with Crippen molar-refractivity contribution in [2.45, 2.75) is 37.4 Å². The van der Waals surface area contributed by atoms with Gasteiger partial charge in [0.05, 0.1) is 0 Å². The van der Waals surface area contributed by atoms with Crippen molar-refractivity contribution < 1.29 is 9.90 Å². The molecule has 1 atom stereocenters. The first kappa shape index (κ1) is 13.7. The molecule has 13 heavy (non-hydrogen) atoms. The van der Waals surface area contributed by atoms with E-state index in [0.717, 1.165) is 18.1 Å². The van der Waals surface area contributed by atoms with Crippen LogP contribution in [-0.4, -0.2) is 39.4 Å². The first-order valence-electron chi connectivity index (χ1n) is 4.29. The molecule has 1 unspecified atom stereocenters. The topological polar surface area (TPSA) is 37.3 Å². The van der Waals surface area contributed by atoms with Gasteiger partial charge < -0.3 is 5.11 Å². The summed E-state index contributed by atoms with van der Waals surface area (Å²) in [6, 6.07) is 0. The Kier molecular flexibility index (Phi) is 8.48. The van der Waals surface area contributed by atoms with E-state index < -0.39 is 5.97 Å². The van der Waals surface area contributed by atoms with Crippen molar-refractivity contribution in [2.24, 2.45) is 0 Å². The maximum Gasteiger partial charge on any atom is 0.303 e. The average molecular weight is 236 g/mol. The minimum Gasteiger partial charge on any atom is -0.481 e. The fourth-order valence-electron chi connectivity index (χ4n) is 1.21. The molecule has 0 bridgehead atoms. The summed E-state index contributed by atoms with van der Waals surface area (Å²) >= 11 is 0. The summed E-state index contributed by atoms with van der Waals surface area (Å²) < 4.78 is 0. The van der Waals surface area contributed by atoms with Crippen LogP contribution in [0.2, 0.25) is 0 Å². The van der Waals surface area contributed by atoms with Crippen LogP contribution in [0, 0.1) is 0 Å². The van der Waals surface area contributed by atoms with Crippen LogP contribution < -0.4 is 0 Å². The fourth-order valence-corrected chi connectivity index (χ4v) is 4.24. The molecule has 5 heteroatoms.